The Balaban J connectivity index is 4.82. The molecule has 0 bridgehead atoms. The lowest BCUT2D eigenvalue weighted by molar-refractivity contribution is -0.276. The van der Waals surface area contributed by atoms with Crippen molar-refractivity contribution in [2.75, 3.05) is 21.3 Å². The minimum atomic E-state index is -5.64. The van der Waals surface area contributed by atoms with Crippen molar-refractivity contribution in [2.45, 2.75) is 18.1 Å². The maximum Gasteiger partial charge on any atom is 0.506 e. The van der Waals surface area contributed by atoms with E-state index in [1.54, 1.807) is 0 Å². The molecular weight excluding hydrogens is 243 g/mol. The molecule has 0 aromatic rings. The predicted octanol–water partition coefficient (Wildman–Crippen LogP) is 2.06. The summed E-state index contributed by atoms with van der Waals surface area (Å²) in [5, 5.41) is 0. The highest BCUT2D eigenvalue weighted by Gasteiger charge is 2.63. The SMILES string of the molecule is CO[Si](CC(F)(F)C(F)(F)F)(OC)OC. The van der Waals surface area contributed by atoms with E-state index in [4.69, 9.17) is 0 Å². The van der Waals surface area contributed by atoms with E-state index in [1.807, 2.05) is 0 Å². The number of hydrogen-bond donors (Lipinski definition) is 0. The zero-order valence-corrected chi connectivity index (χ0v) is 9.32. The average Bonchev–Trinajstić information content (AvgIpc) is 2.12. The maximum atomic E-state index is 12.7. The molecule has 9 heteroatoms. The van der Waals surface area contributed by atoms with E-state index < -0.39 is 26.9 Å². The van der Waals surface area contributed by atoms with Gasteiger partial charge in [0.2, 0.25) is 0 Å². The first-order chi connectivity index (χ1) is 6.64. The van der Waals surface area contributed by atoms with Crippen molar-refractivity contribution in [2.24, 2.45) is 0 Å². The number of halogens is 5. The van der Waals surface area contributed by atoms with Crippen molar-refractivity contribution in [3.05, 3.63) is 0 Å². The molecule has 92 valence electrons. The molecule has 0 rings (SSSR count). The van der Waals surface area contributed by atoms with Gasteiger partial charge in [-0.25, -0.2) is 0 Å². The quantitative estimate of drug-likeness (QED) is 0.555. The van der Waals surface area contributed by atoms with E-state index in [0.717, 1.165) is 21.3 Å². The van der Waals surface area contributed by atoms with Gasteiger partial charge in [0.25, 0.3) is 0 Å². The van der Waals surface area contributed by atoms with Crippen LogP contribution in [0.2, 0.25) is 6.04 Å². The van der Waals surface area contributed by atoms with Crippen LogP contribution in [0.1, 0.15) is 0 Å². The zero-order valence-electron chi connectivity index (χ0n) is 8.32. The third-order valence-electron chi connectivity index (χ3n) is 1.79. The minimum absolute atomic E-state index is 0.964. The van der Waals surface area contributed by atoms with Gasteiger partial charge < -0.3 is 13.3 Å². The summed E-state index contributed by atoms with van der Waals surface area (Å²) in [4.78, 5) is 0. The smallest absolute Gasteiger partial charge is 0.377 e. The number of rotatable bonds is 5. The van der Waals surface area contributed by atoms with Gasteiger partial charge in [0, 0.05) is 21.3 Å². The molecule has 0 aliphatic rings. The van der Waals surface area contributed by atoms with Gasteiger partial charge in [-0.05, 0) is 0 Å². The molecule has 0 saturated carbocycles. The summed E-state index contributed by atoms with van der Waals surface area (Å²) >= 11 is 0. The van der Waals surface area contributed by atoms with E-state index >= 15 is 0 Å². The summed E-state index contributed by atoms with van der Waals surface area (Å²) in [5.74, 6) is -4.89. The topological polar surface area (TPSA) is 27.7 Å². The Morgan fingerprint density at radius 2 is 1.20 bits per heavy atom. The molecule has 0 aromatic heterocycles. The van der Waals surface area contributed by atoms with Gasteiger partial charge in [0.1, 0.15) is 0 Å². The van der Waals surface area contributed by atoms with Crippen molar-refractivity contribution in [1.82, 2.24) is 0 Å². The van der Waals surface area contributed by atoms with Gasteiger partial charge in [-0.15, -0.1) is 0 Å². The summed E-state index contributed by atoms with van der Waals surface area (Å²) in [6.07, 6.45) is -5.64. The van der Waals surface area contributed by atoms with E-state index in [-0.39, 0.29) is 0 Å². The fraction of sp³-hybridized carbons (Fsp3) is 1.00. The molecule has 0 aliphatic heterocycles. The van der Waals surface area contributed by atoms with Crippen LogP contribution in [0, 0.1) is 0 Å². The highest BCUT2D eigenvalue weighted by molar-refractivity contribution is 6.60. The van der Waals surface area contributed by atoms with Crippen LogP contribution in [0.5, 0.6) is 0 Å². The second-order valence-corrected chi connectivity index (χ2v) is 5.62. The van der Waals surface area contributed by atoms with Crippen molar-refractivity contribution in [1.29, 1.82) is 0 Å². The second-order valence-electron chi connectivity index (χ2n) is 2.67. The van der Waals surface area contributed by atoms with Gasteiger partial charge in [0.15, 0.2) is 0 Å². The summed E-state index contributed by atoms with van der Waals surface area (Å²) < 4.78 is 74.4. The summed E-state index contributed by atoms with van der Waals surface area (Å²) in [6.45, 7) is 0. The molecule has 0 unspecified atom stereocenters. The Morgan fingerprint density at radius 3 is 1.40 bits per heavy atom. The first-order valence-electron chi connectivity index (χ1n) is 3.74. The van der Waals surface area contributed by atoms with Crippen LogP contribution < -0.4 is 0 Å². The highest BCUT2D eigenvalue weighted by Crippen LogP contribution is 2.41. The number of alkyl halides is 5. The Kier molecular flexibility index (Phi) is 4.64. The normalized spacial score (nSPS) is 14.4. The number of hydrogen-bond acceptors (Lipinski definition) is 3. The fourth-order valence-corrected chi connectivity index (χ4v) is 2.52. The molecule has 0 aliphatic carbocycles. The predicted molar refractivity (Wildman–Crippen MR) is 42.6 cm³/mol. The lowest BCUT2D eigenvalue weighted by Gasteiger charge is -2.29. The monoisotopic (exact) mass is 254 g/mol. The molecular formula is C6H11F5O3Si. The Morgan fingerprint density at radius 1 is 0.867 bits per heavy atom. The van der Waals surface area contributed by atoms with Crippen LogP contribution in [0.25, 0.3) is 0 Å². The van der Waals surface area contributed by atoms with E-state index in [0.29, 0.717) is 0 Å². The molecule has 0 amide bonds. The maximum absolute atomic E-state index is 12.7. The molecule has 0 aromatic carbocycles. The van der Waals surface area contributed by atoms with Crippen molar-refractivity contribution in [3.8, 4) is 0 Å². The summed E-state index contributed by atoms with van der Waals surface area (Å²) in [6, 6.07) is -1.63. The molecule has 0 atom stereocenters. The van der Waals surface area contributed by atoms with Crippen molar-refractivity contribution < 1.29 is 35.2 Å². The molecule has 0 heterocycles. The van der Waals surface area contributed by atoms with Crippen molar-refractivity contribution in [3.63, 3.8) is 0 Å². The third kappa shape index (κ3) is 3.36. The van der Waals surface area contributed by atoms with Crippen LogP contribution in [-0.4, -0.2) is 42.2 Å². The average molecular weight is 254 g/mol. The first-order valence-corrected chi connectivity index (χ1v) is 5.67. The van der Waals surface area contributed by atoms with Crippen molar-refractivity contribution >= 4 is 8.80 Å². The van der Waals surface area contributed by atoms with Gasteiger partial charge in [-0.1, -0.05) is 0 Å². The van der Waals surface area contributed by atoms with E-state index in [1.165, 1.54) is 0 Å². The lowest BCUT2D eigenvalue weighted by Crippen LogP contribution is -2.51. The van der Waals surface area contributed by atoms with Gasteiger partial charge in [0.05, 0.1) is 6.04 Å². The second kappa shape index (κ2) is 4.72. The Labute approximate surface area is 84.5 Å². The van der Waals surface area contributed by atoms with E-state index in [9.17, 15) is 22.0 Å². The molecule has 0 saturated heterocycles. The van der Waals surface area contributed by atoms with Crippen LogP contribution in [0.4, 0.5) is 22.0 Å². The van der Waals surface area contributed by atoms with Crippen LogP contribution >= 0.6 is 0 Å². The zero-order chi connectivity index (χ0) is 12.3. The molecule has 0 radical (unpaired) electrons. The van der Waals surface area contributed by atoms with Gasteiger partial charge in [-0.2, -0.15) is 22.0 Å². The van der Waals surface area contributed by atoms with Crippen LogP contribution in [0.3, 0.4) is 0 Å². The fourth-order valence-electron chi connectivity index (χ4n) is 0.839. The Bertz CT molecular complexity index is 195. The minimum Gasteiger partial charge on any atom is -0.377 e. The Hall–Kier alpha value is -0.253. The van der Waals surface area contributed by atoms with E-state index in [2.05, 4.69) is 13.3 Å². The molecule has 0 fully saturated rings. The molecule has 3 nitrogen and oxygen atoms in total. The first kappa shape index (κ1) is 14.7. The molecule has 0 N–H and O–H groups in total. The summed E-state index contributed by atoms with van der Waals surface area (Å²) in [5.41, 5.74) is 0. The highest BCUT2D eigenvalue weighted by atomic mass is 28.4. The van der Waals surface area contributed by atoms with Gasteiger partial charge >= 0.3 is 20.9 Å². The van der Waals surface area contributed by atoms with Crippen LogP contribution in [-0.2, 0) is 13.3 Å². The largest absolute Gasteiger partial charge is 0.506 e. The van der Waals surface area contributed by atoms with Gasteiger partial charge in [-0.3, -0.25) is 0 Å². The molecule has 15 heavy (non-hydrogen) atoms. The summed E-state index contributed by atoms with van der Waals surface area (Å²) in [7, 11) is -1.04. The molecule has 0 spiro atoms. The standard InChI is InChI=1S/C6H11F5O3Si/c1-12-15(13-2,14-3)4-5(7,8)6(9,10)11/h4H2,1-3H3. The lowest BCUT2D eigenvalue weighted by atomic mass is 10.4. The third-order valence-corrected chi connectivity index (χ3v) is 4.53. The van der Waals surface area contributed by atoms with Crippen LogP contribution in [0.15, 0.2) is 0 Å².